The van der Waals surface area contributed by atoms with Crippen LogP contribution in [0.2, 0.25) is 0 Å². The Bertz CT molecular complexity index is 1180. The molecule has 196 valence electrons. The lowest BCUT2D eigenvalue weighted by atomic mass is 10.0. The predicted molar refractivity (Wildman–Crippen MR) is 140 cm³/mol. The maximum absolute atomic E-state index is 14.5. The second kappa shape index (κ2) is 11.9. The molecule has 0 aromatic heterocycles. The van der Waals surface area contributed by atoms with Gasteiger partial charge in [-0.1, -0.05) is 63.1 Å². The summed E-state index contributed by atoms with van der Waals surface area (Å²) in [6, 6.07) is 12.2. The van der Waals surface area contributed by atoms with Crippen molar-refractivity contribution in [1.29, 1.82) is 0 Å². The average Bonchev–Trinajstić information content (AvgIpc) is 3.33. The van der Waals surface area contributed by atoms with Crippen molar-refractivity contribution in [3.8, 4) is 0 Å². The summed E-state index contributed by atoms with van der Waals surface area (Å²) in [5.41, 5.74) is 1.44. The first-order valence-electron chi connectivity index (χ1n) is 12.4. The van der Waals surface area contributed by atoms with Gasteiger partial charge in [-0.2, -0.15) is 0 Å². The van der Waals surface area contributed by atoms with Crippen LogP contribution < -0.4 is 9.62 Å². The van der Waals surface area contributed by atoms with Crippen molar-refractivity contribution in [2.75, 3.05) is 17.1 Å². The molecule has 0 heterocycles. The van der Waals surface area contributed by atoms with Crippen molar-refractivity contribution in [2.24, 2.45) is 0 Å². The van der Waals surface area contributed by atoms with Crippen LogP contribution in [0, 0.1) is 5.82 Å². The highest BCUT2D eigenvalue weighted by atomic mass is 32.2. The normalized spacial score (nSPS) is 15.1. The SMILES string of the molecule is CC(C)c1ccccc1N(CC(=O)N(Cc1ccccc1F)[C@H](C)C(=O)NC1CCCC1)S(C)(=O)=O. The number of anilines is 1. The maximum Gasteiger partial charge on any atom is 0.244 e. The van der Waals surface area contributed by atoms with Crippen LogP contribution in [0.4, 0.5) is 10.1 Å². The van der Waals surface area contributed by atoms with E-state index in [2.05, 4.69) is 5.32 Å². The lowest BCUT2D eigenvalue weighted by Gasteiger charge is -2.33. The van der Waals surface area contributed by atoms with Gasteiger partial charge in [0.15, 0.2) is 0 Å². The van der Waals surface area contributed by atoms with Crippen LogP contribution in [0.5, 0.6) is 0 Å². The number of nitrogens with zero attached hydrogens (tertiary/aromatic N) is 2. The third-order valence-corrected chi connectivity index (χ3v) is 7.80. The summed E-state index contributed by atoms with van der Waals surface area (Å²) < 4.78 is 41.2. The molecule has 0 aliphatic heterocycles. The molecule has 2 amide bonds. The van der Waals surface area contributed by atoms with Gasteiger partial charge in [-0.15, -0.1) is 0 Å². The molecule has 0 radical (unpaired) electrons. The van der Waals surface area contributed by atoms with E-state index in [1.165, 1.54) is 11.0 Å². The molecule has 9 heteroatoms. The predicted octanol–water partition coefficient (Wildman–Crippen LogP) is 4.19. The van der Waals surface area contributed by atoms with Gasteiger partial charge < -0.3 is 10.2 Å². The van der Waals surface area contributed by atoms with Crippen LogP contribution in [-0.4, -0.2) is 50.0 Å². The van der Waals surface area contributed by atoms with Crippen LogP contribution in [-0.2, 0) is 26.2 Å². The van der Waals surface area contributed by atoms with Crippen LogP contribution in [0.15, 0.2) is 48.5 Å². The van der Waals surface area contributed by atoms with Gasteiger partial charge in [0.05, 0.1) is 11.9 Å². The van der Waals surface area contributed by atoms with Gasteiger partial charge >= 0.3 is 0 Å². The summed E-state index contributed by atoms with van der Waals surface area (Å²) >= 11 is 0. The molecule has 0 spiro atoms. The zero-order valence-electron chi connectivity index (χ0n) is 21.4. The summed E-state index contributed by atoms with van der Waals surface area (Å²) in [5, 5.41) is 3.00. The van der Waals surface area contributed by atoms with E-state index >= 15 is 0 Å². The second-order valence-corrected chi connectivity index (χ2v) is 11.7. The molecule has 1 aliphatic rings. The topological polar surface area (TPSA) is 86.8 Å². The Hall–Kier alpha value is -2.94. The molecule has 7 nitrogen and oxygen atoms in total. The number of nitrogens with one attached hydrogen (secondary N) is 1. The van der Waals surface area contributed by atoms with Gasteiger partial charge in [0, 0.05) is 18.2 Å². The van der Waals surface area contributed by atoms with Crippen molar-refractivity contribution < 1.29 is 22.4 Å². The van der Waals surface area contributed by atoms with Gasteiger partial charge in [0.25, 0.3) is 0 Å². The molecule has 1 fully saturated rings. The van der Waals surface area contributed by atoms with E-state index in [1.807, 2.05) is 26.0 Å². The fourth-order valence-electron chi connectivity index (χ4n) is 4.58. The number of halogens is 1. The summed E-state index contributed by atoms with van der Waals surface area (Å²) in [4.78, 5) is 28.0. The number of hydrogen-bond donors (Lipinski definition) is 1. The summed E-state index contributed by atoms with van der Waals surface area (Å²) in [5.74, 6) is -1.40. The van der Waals surface area contributed by atoms with E-state index in [4.69, 9.17) is 0 Å². The maximum atomic E-state index is 14.5. The number of hydrogen-bond acceptors (Lipinski definition) is 4. The minimum atomic E-state index is -3.84. The number of para-hydroxylation sites is 1. The minimum absolute atomic E-state index is 0.0196. The van der Waals surface area contributed by atoms with Crippen molar-refractivity contribution in [1.82, 2.24) is 10.2 Å². The summed E-state index contributed by atoms with van der Waals surface area (Å²) in [6.45, 7) is 4.82. The number of sulfonamides is 1. The van der Waals surface area contributed by atoms with Gasteiger partial charge in [-0.25, -0.2) is 12.8 Å². The smallest absolute Gasteiger partial charge is 0.244 e. The molecule has 2 aromatic carbocycles. The highest BCUT2D eigenvalue weighted by Crippen LogP contribution is 2.29. The van der Waals surface area contributed by atoms with E-state index < -0.39 is 34.3 Å². The number of rotatable bonds is 10. The van der Waals surface area contributed by atoms with Crippen molar-refractivity contribution in [3.63, 3.8) is 0 Å². The standard InChI is InChI=1S/C27H36FN3O4S/c1-19(2)23-14-8-10-16-25(23)31(36(4,34)35)18-26(32)30(17-21-11-5-9-15-24(21)28)20(3)27(33)29-22-12-6-7-13-22/h5,8-11,14-16,19-20,22H,6-7,12-13,17-18H2,1-4H3,(H,29,33)/t20-/m1/s1. The largest absolute Gasteiger partial charge is 0.352 e. The molecule has 0 bridgehead atoms. The first kappa shape index (κ1) is 27.6. The quantitative estimate of drug-likeness (QED) is 0.512. The fourth-order valence-corrected chi connectivity index (χ4v) is 5.45. The van der Waals surface area contributed by atoms with Gasteiger partial charge in [0.1, 0.15) is 18.4 Å². The molecule has 1 saturated carbocycles. The van der Waals surface area contributed by atoms with Gasteiger partial charge in [-0.05, 0) is 43.4 Å². The van der Waals surface area contributed by atoms with E-state index in [0.29, 0.717) is 5.69 Å². The van der Waals surface area contributed by atoms with E-state index in [1.54, 1.807) is 37.3 Å². The van der Waals surface area contributed by atoms with Gasteiger partial charge in [-0.3, -0.25) is 13.9 Å². The Morgan fingerprint density at radius 1 is 1.03 bits per heavy atom. The molecular formula is C27H36FN3O4S. The summed E-state index contributed by atoms with van der Waals surface area (Å²) in [6.07, 6.45) is 4.89. The zero-order valence-corrected chi connectivity index (χ0v) is 22.2. The van der Waals surface area contributed by atoms with Crippen LogP contribution in [0.25, 0.3) is 0 Å². The van der Waals surface area contributed by atoms with Crippen LogP contribution in [0.3, 0.4) is 0 Å². The number of carbonyl (C=O) groups is 2. The molecule has 0 unspecified atom stereocenters. The highest BCUT2D eigenvalue weighted by Gasteiger charge is 2.32. The first-order valence-corrected chi connectivity index (χ1v) is 14.2. The van der Waals surface area contributed by atoms with E-state index in [9.17, 15) is 22.4 Å². The zero-order chi connectivity index (χ0) is 26.5. The minimum Gasteiger partial charge on any atom is -0.352 e. The third-order valence-electron chi connectivity index (χ3n) is 6.67. The second-order valence-electron chi connectivity index (χ2n) is 9.76. The van der Waals surface area contributed by atoms with Crippen molar-refractivity contribution >= 4 is 27.5 Å². The van der Waals surface area contributed by atoms with Gasteiger partial charge in [0.2, 0.25) is 21.8 Å². The Morgan fingerprint density at radius 2 is 1.64 bits per heavy atom. The number of benzene rings is 2. The van der Waals surface area contributed by atoms with Crippen LogP contribution in [0.1, 0.15) is 63.5 Å². The van der Waals surface area contributed by atoms with Crippen molar-refractivity contribution in [3.05, 3.63) is 65.5 Å². The lowest BCUT2D eigenvalue weighted by Crippen LogP contribution is -2.52. The molecule has 0 saturated heterocycles. The Balaban J connectivity index is 1.94. The Labute approximate surface area is 213 Å². The monoisotopic (exact) mass is 517 g/mol. The lowest BCUT2D eigenvalue weighted by molar-refractivity contribution is -0.139. The van der Waals surface area contributed by atoms with E-state index in [-0.39, 0.29) is 30.0 Å². The third kappa shape index (κ3) is 6.84. The molecule has 2 aromatic rings. The van der Waals surface area contributed by atoms with Crippen molar-refractivity contribution in [2.45, 2.75) is 71.0 Å². The Kier molecular flexibility index (Phi) is 9.11. The highest BCUT2D eigenvalue weighted by molar-refractivity contribution is 7.92. The molecule has 3 rings (SSSR count). The fraction of sp³-hybridized carbons (Fsp3) is 0.481. The number of carbonyl (C=O) groups excluding carboxylic acids is 2. The molecule has 1 N–H and O–H groups in total. The Morgan fingerprint density at radius 3 is 2.25 bits per heavy atom. The molecular weight excluding hydrogens is 481 g/mol. The summed E-state index contributed by atoms with van der Waals surface area (Å²) in [7, 11) is -3.84. The first-order chi connectivity index (χ1) is 17.0. The molecule has 1 aliphatic carbocycles. The van der Waals surface area contributed by atoms with E-state index in [0.717, 1.165) is 41.8 Å². The number of amides is 2. The molecule has 36 heavy (non-hydrogen) atoms. The average molecular weight is 518 g/mol. The molecule has 1 atom stereocenters. The van der Waals surface area contributed by atoms with Crippen LogP contribution >= 0.6 is 0 Å².